The molecule has 0 saturated heterocycles. The molecule has 2 nitrogen and oxygen atoms in total. The Labute approximate surface area is 93.5 Å². The molecular weight excluding hydrogens is 212 g/mol. The van der Waals surface area contributed by atoms with Crippen LogP contribution in [0.4, 0.5) is 0 Å². The number of carbonyl (C=O) groups is 1. The minimum Gasteiger partial charge on any atom is -0.482 e. The lowest BCUT2D eigenvalue weighted by molar-refractivity contribution is 0.0859. The van der Waals surface area contributed by atoms with Crippen LogP contribution in [0.5, 0.6) is 5.75 Å². The zero-order valence-electron chi connectivity index (χ0n) is 8.63. The lowest BCUT2D eigenvalue weighted by atomic mass is 9.88. The Hall–Kier alpha value is -1.28. The van der Waals surface area contributed by atoms with Crippen molar-refractivity contribution in [2.45, 2.75) is 19.4 Å². The van der Waals surface area contributed by atoms with Gasteiger partial charge in [-0.1, -0.05) is 18.2 Å². The first-order valence-corrected chi connectivity index (χ1v) is 5.02. The van der Waals surface area contributed by atoms with Gasteiger partial charge in [0.1, 0.15) is 11.4 Å². The summed E-state index contributed by atoms with van der Waals surface area (Å²) < 4.78 is 5.68. The van der Waals surface area contributed by atoms with Crippen LogP contribution in [0, 0.1) is 0 Å². The number of Topliss-reactive ketones (excluding diaryl/α,β-unsaturated/α-hetero) is 1. The van der Waals surface area contributed by atoms with E-state index in [0.717, 1.165) is 0 Å². The molecule has 1 aliphatic heterocycles. The van der Waals surface area contributed by atoms with E-state index in [2.05, 4.69) is 6.58 Å². The average molecular weight is 223 g/mol. The van der Waals surface area contributed by atoms with Gasteiger partial charge in [-0.05, 0) is 32.0 Å². The fraction of sp³-hybridized carbons (Fsp3) is 0.250. The van der Waals surface area contributed by atoms with Gasteiger partial charge in [0.2, 0.25) is 0 Å². The number of benzene rings is 1. The molecule has 3 heteroatoms. The summed E-state index contributed by atoms with van der Waals surface area (Å²) in [6, 6.07) is 5.03. The third-order valence-corrected chi connectivity index (χ3v) is 2.79. The molecule has 0 unspecified atom stereocenters. The van der Waals surface area contributed by atoms with Gasteiger partial charge < -0.3 is 4.74 Å². The highest BCUT2D eigenvalue weighted by Crippen LogP contribution is 2.36. The van der Waals surface area contributed by atoms with E-state index in [0.29, 0.717) is 21.9 Å². The lowest BCUT2D eigenvalue weighted by Gasteiger charge is -2.33. The van der Waals surface area contributed by atoms with Crippen molar-refractivity contribution in [3.63, 3.8) is 0 Å². The molecule has 0 amide bonds. The fourth-order valence-electron chi connectivity index (χ4n) is 1.54. The first-order valence-electron chi connectivity index (χ1n) is 4.64. The van der Waals surface area contributed by atoms with Crippen LogP contribution >= 0.6 is 11.6 Å². The highest BCUT2D eigenvalue weighted by molar-refractivity contribution is 6.31. The molecule has 2 rings (SSSR count). The topological polar surface area (TPSA) is 26.3 Å². The van der Waals surface area contributed by atoms with Gasteiger partial charge in [-0.25, -0.2) is 0 Å². The Morgan fingerprint density at radius 2 is 2.07 bits per heavy atom. The molecule has 78 valence electrons. The van der Waals surface area contributed by atoms with Gasteiger partial charge in [0, 0.05) is 10.6 Å². The van der Waals surface area contributed by atoms with Crippen LogP contribution < -0.4 is 4.74 Å². The minimum absolute atomic E-state index is 0.0937. The molecule has 0 spiro atoms. The summed E-state index contributed by atoms with van der Waals surface area (Å²) in [6.45, 7) is 7.41. The normalized spacial score (nSPS) is 18.3. The van der Waals surface area contributed by atoms with Crippen molar-refractivity contribution >= 4 is 17.4 Å². The van der Waals surface area contributed by atoms with Crippen molar-refractivity contribution in [3.05, 3.63) is 40.9 Å². The van der Waals surface area contributed by atoms with Gasteiger partial charge in [0.05, 0.1) is 5.56 Å². The van der Waals surface area contributed by atoms with E-state index in [1.807, 2.05) is 13.8 Å². The van der Waals surface area contributed by atoms with E-state index in [-0.39, 0.29) is 5.78 Å². The van der Waals surface area contributed by atoms with Crippen molar-refractivity contribution in [1.29, 1.82) is 0 Å². The Morgan fingerprint density at radius 1 is 1.40 bits per heavy atom. The molecule has 0 radical (unpaired) electrons. The van der Waals surface area contributed by atoms with Crippen molar-refractivity contribution in [1.82, 2.24) is 0 Å². The Bertz CT molecular complexity index is 461. The standard InChI is InChI=1S/C12H11ClO2/c1-7-11(14)9-6-8(13)4-5-10(9)15-12(7,2)3/h4-6H,1H2,2-3H3. The van der Waals surface area contributed by atoms with Crippen LogP contribution in [0.2, 0.25) is 5.02 Å². The molecular formula is C12H11ClO2. The lowest BCUT2D eigenvalue weighted by Crippen LogP contribution is -2.38. The van der Waals surface area contributed by atoms with Crippen LogP contribution in [0.15, 0.2) is 30.4 Å². The molecule has 0 atom stereocenters. The minimum atomic E-state index is -0.641. The van der Waals surface area contributed by atoms with Crippen molar-refractivity contribution in [3.8, 4) is 5.75 Å². The highest BCUT2D eigenvalue weighted by atomic mass is 35.5. The first-order chi connectivity index (χ1) is 6.92. The number of halogens is 1. The number of ether oxygens (including phenoxy) is 1. The zero-order chi connectivity index (χ0) is 11.2. The largest absolute Gasteiger partial charge is 0.482 e. The highest BCUT2D eigenvalue weighted by Gasteiger charge is 2.36. The Balaban J connectivity index is 2.60. The fourth-order valence-corrected chi connectivity index (χ4v) is 1.71. The second-order valence-corrected chi connectivity index (χ2v) is 4.50. The van der Waals surface area contributed by atoms with Gasteiger partial charge in [-0.2, -0.15) is 0 Å². The van der Waals surface area contributed by atoms with Gasteiger partial charge in [0.15, 0.2) is 5.78 Å². The third-order valence-electron chi connectivity index (χ3n) is 2.55. The van der Waals surface area contributed by atoms with Gasteiger partial charge in [-0.3, -0.25) is 4.79 Å². The molecule has 0 fully saturated rings. The summed E-state index contributed by atoms with van der Waals surface area (Å²) in [5, 5.41) is 0.526. The van der Waals surface area contributed by atoms with E-state index < -0.39 is 5.60 Å². The average Bonchev–Trinajstić information content (AvgIpc) is 2.16. The molecule has 15 heavy (non-hydrogen) atoms. The van der Waals surface area contributed by atoms with Crippen LogP contribution in [0.25, 0.3) is 0 Å². The van der Waals surface area contributed by atoms with E-state index in [1.165, 1.54) is 0 Å². The van der Waals surface area contributed by atoms with Crippen molar-refractivity contribution in [2.24, 2.45) is 0 Å². The Kier molecular flexibility index (Phi) is 2.12. The predicted molar refractivity (Wildman–Crippen MR) is 59.6 cm³/mol. The second kappa shape index (κ2) is 3.11. The van der Waals surface area contributed by atoms with Crippen LogP contribution in [-0.4, -0.2) is 11.4 Å². The van der Waals surface area contributed by atoms with Crippen LogP contribution in [0.1, 0.15) is 24.2 Å². The van der Waals surface area contributed by atoms with Crippen LogP contribution in [-0.2, 0) is 0 Å². The quantitative estimate of drug-likeness (QED) is 0.630. The second-order valence-electron chi connectivity index (χ2n) is 4.06. The monoisotopic (exact) mass is 222 g/mol. The maximum absolute atomic E-state index is 11.9. The van der Waals surface area contributed by atoms with E-state index in [1.54, 1.807) is 18.2 Å². The summed E-state index contributed by atoms with van der Waals surface area (Å²) in [4.78, 5) is 11.9. The third kappa shape index (κ3) is 1.55. The zero-order valence-corrected chi connectivity index (χ0v) is 9.39. The predicted octanol–water partition coefficient (Wildman–Crippen LogP) is 3.25. The number of ketones is 1. The smallest absolute Gasteiger partial charge is 0.196 e. The summed E-state index contributed by atoms with van der Waals surface area (Å²) in [7, 11) is 0. The van der Waals surface area contributed by atoms with Gasteiger partial charge in [0.25, 0.3) is 0 Å². The van der Waals surface area contributed by atoms with Gasteiger partial charge in [-0.15, -0.1) is 0 Å². The molecule has 1 aromatic rings. The maximum atomic E-state index is 11.9. The van der Waals surface area contributed by atoms with E-state index in [4.69, 9.17) is 16.3 Å². The van der Waals surface area contributed by atoms with Gasteiger partial charge >= 0.3 is 0 Å². The number of hydrogen-bond acceptors (Lipinski definition) is 2. The Morgan fingerprint density at radius 3 is 2.73 bits per heavy atom. The summed E-state index contributed by atoms with van der Waals surface area (Å²) >= 11 is 5.82. The number of rotatable bonds is 0. The molecule has 0 N–H and O–H groups in total. The maximum Gasteiger partial charge on any atom is 0.196 e. The number of fused-ring (bicyclic) bond motifs is 1. The SMILES string of the molecule is C=C1C(=O)c2cc(Cl)ccc2OC1(C)C. The first kappa shape index (κ1) is 10.2. The molecule has 1 heterocycles. The molecule has 0 saturated carbocycles. The molecule has 0 bridgehead atoms. The van der Waals surface area contributed by atoms with Crippen molar-refractivity contribution < 1.29 is 9.53 Å². The van der Waals surface area contributed by atoms with Crippen molar-refractivity contribution in [2.75, 3.05) is 0 Å². The summed E-state index contributed by atoms with van der Waals surface area (Å²) in [5.41, 5.74) is 0.307. The summed E-state index contributed by atoms with van der Waals surface area (Å²) in [6.07, 6.45) is 0. The number of carbonyl (C=O) groups excluding carboxylic acids is 1. The molecule has 0 aromatic heterocycles. The molecule has 1 aromatic carbocycles. The molecule has 1 aliphatic rings. The summed E-state index contributed by atoms with van der Waals surface area (Å²) in [5.74, 6) is 0.477. The van der Waals surface area contributed by atoms with E-state index in [9.17, 15) is 4.79 Å². The molecule has 0 aliphatic carbocycles. The van der Waals surface area contributed by atoms with Crippen LogP contribution in [0.3, 0.4) is 0 Å². The number of hydrogen-bond donors (Lipinski definition) is 0. The van der Waals surface area contributed by atoms with E-state index >= 15 is 0 Å².